The van der Waals surface area contributed by atoms with Crippen LogP contribution in [0.15, 0.2) is 26.2 Å². The second-order valence-corrected chi connectivity index (χ2v) is 10.8. The number of amides is 1. The zero-order valence-corrected chi connectivity index (χ0v) is 19.7. The third-order valence-electron chi connectivity index (χ3n) is 3.90. The number of carbonyl (C=O) groups is 1. The van der Waals surface area contributed by atoms with E-state index in [9.17, 15) is 4.79 Å². The van der Waals surface area contributed by atoms with Crippen LogP contribution in [0.3, 0.4) is 0 Å². The highest BCUT2D eigenvalue weighted by Crippen LogP contribution is 2.36. The summed E-state index contributed by atoms with van der Waals surface area (Å²) in [6.45, 7) is 9.84. The lowest BCUT2D eigenvalue weighted by Crippen LogP contribution is -2.24. The quantitative estimate of drug-likeness (QED) is 0.411. The fourth-order valence-corrected chi connectivity index (χ4v) is 6.74. The van der Waals surface area contributed by atoms with Crippen LogP contribution in [0.1, 0.15) is 36.2 Å². The van der Waals surface area contributed by atoms with Crippen molar-refractivity contribution in [1.82, 2.24) is 15.2 Å². The Morgan fingerprint density at radius 1 is 1.11 bits per heavy atom. The van der Waals surface area contributed by atoms with E-state index in [0.717, 1.165) is 36.9 Å². The Balaban J connectivity index is 1.79. The Hall–Kier alpha value is -1.42. The minimum atomic E-state index is -0.0334. The van der Waals surface area contributed by atoms with Crippen molar-refractivity contribution >= 4 is 62.9 Å². The van der Waals surface area contributed by atoms with Crippen molar-refractivity contribution in [2.75, 3.05) is 10.7 Å². The minimum Gasteiger partial charge on any atom is -0.274 e. The summed E-state index contributed by atoms with van der Waals surface area (Å²) >= 11 is 6.44. The van der Waals surface area contributed by atoms with E-state index in [1.807, 2.05) is 19.2 Å². The van der Waals surface area contributed by atoms with Gasteiger partial charge in [-0.25, -0.2) is 4.98 Å². The molecule has 0 radical (unpaired) electrons. The molecular formula is C19H22N4OS4. The number of rotatable bonds is 7. The lowest BCUT2D eigenvalue weighted by Gasteiger charge is -2.23. The first-order chi connectivity index (χ1) is 13.4. The van der Waals surface area contributed by atoms with E-state index in [1.54, 1.807) is 46.7 Å². The van der Waals surface area contributed by atoms with Crippen molar-refractivity contribution in [3.63, 3.8) is 0 Å². The predicted molar refractivity (Wildman–Crippen MR) is 121 cm³/mol. The standard InChI is InChI=1S/C19H22N4OS4/c1-6-25-18-21-22-19(28-18)27-10-15-9-26-17(20-15)23(14(5)24)16-12(3)7-11(2)8-13(16)4/h7-9H,6,10H2,1-5H3. The topological polar surface area (TPSA) is 59.0 Å². The van der Waals surface area contributed by atoms with Crippen molar-refractivity contribution in [3.05, 3.63) is 39.9 Å². The first-order valence-corrected chi connectivity index (χ1v) is 12.5. The van der Waals surface area contributed by atoms with Crippen molar-refractivity contribution in [2.24, 2.45) is 0 Å². The summed E-state index contributed by atoms with van der Waals surface area (Å²) in [7, 11) is 0. The maximum Gasteiger partial charge on any atom is 0.230 e. The zero-order valence-electron chi connectivity index (χ0n) is 16.5. The van der Waals surface area contributed by atoms with Gasteiger partial charge >= 0.3 is 0 Å². The van der Waals surface area contributed by atoms with Gasteiger partial charge < -0.3 is 0 Å². The molecule has 0 bridgehead atoms. The highest BCUT2D eigenvalue weighted by molar-refractivity contribution is 8.02. The molecule has 0 aliphatic heterocycles. The number of hydrogen-bond donors (Lipinski definition) is 0. The fourth-order valence-electron chi connectivity index (χ4n) is 2.95. The first kappa shape index (κ1) is 21.3. The second-order valence-electron chi connectivity index (χ2n) is 6.28. The molecule has 1 aromatic carbocycles. The Morgan fingerprint density at radius 3 is 2.36 bits per heavy atom. The molecule has 0 atom stereocenters. The summed E-state index contributed by atoms with van der Waals surface area (Å²) in [5.74, 6) is 1.67. The third-order valence-corrected chi connectivity index (χ3v) is 7.88. The molecule has 0 unspecified atom stereocenters. The second kappa shape index (κ2) is 9.39. The number of nitrogens with zero attached hydrogens (tertiary/aromatic N) is 4. The number of thioether (sulfide) groups is 2. The number of thiazole rings is 1. The van der Waals surface area contributed by atoms with Crippen LogP contribution in [0.4, 0.5) is 10.8 Å². The van der Waals surface area contributed by atoms with E-state index in [2.05, 4.69) is 36.2 Å². The van der Waals surface area contributed by atoms with E-state index in [1.165, 1.54) is 16.9 Å². The van der Waals surface area contributed by atoms with Crippen molar-refractivity contribution in [2.45, 2.75) is 49.1 Å². The summed E-state index contributed by atoms with van der Waals surface area (Å²) in [5.41, 5.74) is 5.22. The molecule has 28 heavy (non-hydrogen) atoms. The van der Waals surface area contributed by atoms with E-state index in [4.69, 9.17) is 4.98 Å². The molecule has 9 heteroatoms. The molecule has 148 valence electrons. The molecule has 3 rings (SSSR count). The van der Waals surface area contributed by atoms with Crippen LogP contribution in [0.2, 0.25) is 0 Å². The van der Waals surface area contributed by atoms with Gasteiger partial charge in [0.05, 0.1) is 11.4 Å². The van der Waals surface area contributed by atoms with Crippen LogP contribution in [-0.2, 0) is 10.5 Å². The van der Waals surface area contributed by atoms with Gasteiger partial charge in [-0.2, -0.15) is 0 Å². The maximum absolute atomic E-state index is 12.5. The highest BCUT2D eigenvalue weighted by Gasteiger charge is 2.22. The van der Waals surface area contributed by atoms with E-state index >= 15 is 0 Å². The lowest BCUT2D eigenvalue weighted by molar-refractivity contribution is -0.115. The van der Waals surface area contributed by atoms with Gasteiger partial charge in [0.15, 0.2) is 13.8 Å². The largest absolute Gasteiger partial charge is 0.274 e. The molecule has 0 spiro atoms. The van der Waals surface area contributed by atoms with Crippen LogP contribution >= 0.6 is 46.2 Å². The summed E-state index contributed by atoms with van der Waals surface area (Å²) in [5, 5.41) is 11.1. The van der Waals surface area contributed by atoms with Crippen LogP contribution in [0, 0.1) is 20.8 Å². The average molecular weight is 451 g/mol. The van der Waals surface area contributed by atoms with Crippen LogP contribution in [0.5, 0.6) is 0 Å². The van der Waals surface area contributed by atoms with E-state index < -0.39 is 0 Å². The molecule has 2 aromatic heterocycles. The molecule has 0 aliphatic carbocycles. The monoisotopic (exact) mass is 450 g/mol. The number of hydrogen-bond acceptors (Lipinski definition) is 8. The van der Waals surface area contributed by atoms with Crippen molar-refractivity contribution < 1.29 is 4.79 Å². The maximum atomic E-state index is 12.5. The summed E-state index contributed by atoms with van der Waals surface area (Å²) in [6, 6.07) is 4.20. The van der Waals surface area contributed by atoms with Gasteiger partial charge in [0.1, 0.15) is 0 Å². The SMILES string of the molecule is CCSc1nnc(SCc2csc(N(C(C)=O)c3c(C)cc(C)cc3C)n2)s1. The predicted octanol–water partition coefficient (Wildman–Crippen LogP) is 6.01. The number of aromatic nitrogens is 3. The van der Waals surface area contributed by atoms with Crippen LogP contribution in [-0.4, -0.2) is 26.8 Å². The highest BCUT2D eigenvalue weighted by atomic mass is 32.2. The van der Waals surface area contributed by atoms with Crippen LogP contribution in [0.25, 0.3) is 0 Å². The molecule has 0 aliphatic rings. The van der Waals surface area contributed by atoms with Gasteiger partial charge in [0, 0.05) is 18.1 Å². The van der Waals surface area contributed by atoms with Gasteiger partial charge in [0.25, 0.3) is 0 Å². The zero-order chi connectivity index (χ0) is 20.3. The number of anilines is 2. The van der Waals surface area contributed by atoms with E-state index in [-0.39, 0.29) is 5.91 Å². The summed E-state index contributed by atoms with van der Waals surface area (Å²) in [6.07, 6.45) is 0. The van der Waals surface area contributed by atoms with Crippen LogP contribution < -0.4 is 4.90 Å². The third kappa shape index (κ3) is 4.94. The Morgan fingerprint density at radius 2 is 1.75 bits per heavy atom. The molecule has 3 aromatic rings. The summed E-state index contributed by atoms with van der Waals surface area (Å²) < 4.78 is 1.94. The smallest absolute Gasteiger partial charge is 0.230 e. The van der Waals surface area contributed by atoms with Gasteiger partial charge in [0.2, 0.25) is 5.91 Å². The van der Waals surface area contributed by atoms with Gasteiger partial charge in [-0.3, -0.25) is 9.69 Å². The number of benzene rings is 1. The normalized spacial score (nSPS) is 11.0. The summed E-state index contributed by atoms with van der Waals surface area (Å²) in [4.78, 5) is 18.9. The number of carbonyl (C=O) groups excluding carboxylic acids is 1. The molecule has 2 heterocycles. The van der Waals surface area contributed by atoms with Crippen molar-refractivity contribution in [1.29, 1.82) is 0 Å². The van der Waals surface area contributed by atoms with Gasteiger partial charge in [-0.15, -0.1) is 21.5 Å². The lowest BCUT2D eigenvalue weighted by atomic mass is 10.0. The minimum absolute atomic E-state index is 0.0334. The molecular weight excluding hydrogens is 429 g/mol. The van der Waals surface area contributed by atoms with Gasteiger partial charge in [-0.05, 0) is 37.7 Å². The Bertz CT molecular complexity index is 959. The number of aryl methyl sites for hydroxylation is 3. The van der Waals surface area contributed by atoms with E-state index in [0.29, 0.717) is 10.9 Å². The average Bonchev–Trinajstić information content (AvgIpc) is 3.25. The van der Waals surface area contributed by atoms with Gasteiger partial charge in [-0.1, -0.05) is 59.5 Å². The molecule has 5 nitrogen and oxygen atoms in total. The molecule has 1 amide bonds. The fraction of sp³-hybridized carbons (Fsp3) is 0.368. The Kier molecular flexibility index (Phi) is 7.14. The Labute approximate surface area is 182 Å². The molecule has 0 saturated heterocycles. The molecule has 0 N–H and O–H groups in total. The molecule has 0 fully saturated rings. The molecule has 0 saturated carbocycles. The van der Waals surface area contributed by atoms with Crippen molar-refractivity contribution in [3.8, 4) is 0 Å². The first-order valence-electron chi connectivity index (χ1n) is 8.81.